The number of thiophene rings is 1. The Hall–Kier alpha value is -3.41. The van der Waals surface area contributed by atoms with Gasteiger partial charge in [-0.3, -0.25) is 14.9 Å². The number of carbonyl (C=O) groups is 4. The molecule has 2 fully saturated rings. The van der Waals surface area contributed by atoms with Gasteiger partial charge in [0, 0.05) is 24.8 Å². The van der Waals surface area contributed by atoms with Gasteiger partial charge in [0.2, 0.25) is 5.91 Å². The van der Waals surface area contributed by atoms with E-state index in [1.807, 2.05) is 0 Å². The van der Waals surface area contributed by atoms with E-state index >= 15 is 0 Å². The number of anilines is 2. The second kappa shape index (κ2) is 10.0. The number of ether oxygens (including phenoxy) is 1. The van der Waals surface area contributed by atoms with Crippen molar-refractivity contribution in [1.29, 1.82) is 0 Å². The average molecular weight is 546 g/mol. The fraction of sp³-hybridized carbons (Fsp3) is 0.577. The van der Waals surface area contributed by atoms with Crippen LogP contribution >= 0.6 is 11.3 Å². The van der Waals surface area contributed by atoms with Crippen LogP contribution in [0.4, 0.5) is 15.6 Å². The van der Waals surface area contributed by atoms with Crippen LogP contribution in [0.3, 0.4) is 0 Å². The van der Waals surface area contributed by atoms with Crippen LogP contribution in [0.25, 0.3) is 0 Å². The zero-order valence-corrected chi connectivity index (χ0v) is 22.6. The molecule has 3 amide bonds. The molecule has 2 heterocycles. The summed E-state index contributed by atoms with van der Waals surface area (Å²) in [5.41, 5.74) is 0.287. The van der Waals surface area contributed by atoms with E-state index in [-0.39, 0.29) is 36.7 Å². The number of carboxylic acid groups (broad SMARTS) is 1. The average Bonchev–Trinajstić information content (AvgIpc) is 3.75. The zero-order valence-electron chi connectivity index (χ0n) is 21.8. The molecule has 3 aliphatic rings. The number of nitrogens with one attached hydrogen (secondary N) is 3. The smallest absolute Gasteiger partial charge is 0.413 e. The van der Waals surface area contributed by atoms with Crippen LogP contribution in [0.1, 0.15) is 91.6 Å². The van der Waals surface area contributed by atoms with E-state index in [0.717, 1.165) is 36.1 Å². The number of rotatable bonds is 8. The zero-order chi connectivity index (χ0) is 27.2. The number of aromatic nitrogens is 2. The summed E-state index contributed by atoms with van der Waals surface area (Å²) in [4.78, 5) is 55.4. The first-order valence-electron chi connectivity index (χ1n) is 13.0. The lowest BCUT2D eigenvalue weighted by Crippen LogP contribution is -2.30. The maximum Gasteiger partial charge on any atom is 0.413 e. The molecule has 3 aliphatic carbocycles. The highest BCUT2D eigenvalue weighted by Crippen LogP contribution is 2.43. The predicted molar refractivity (Wildman–Crippen MR) is 143 cm³/mol. The largest absolute Gasteiger partial charge is 0.476 e. The van der Waals surface area contributed by atoms with Crippen molar-refractivity contribution in [2.75, 3.05) is 17.2 Å². The first-order chi connectivity index (χ1) is 18.0. The van der Waals surface area contributed by atoms with Crippen LogP contribution in [0.15, 0.2) is 6.33 Å². The molecule has 12 heteroatoms. The minimum atomic E-state index is -1.27. The molecule has 206 valence electrons. The van der Waals surface area contributed by atoms with Crippen molar-refractivity contribution in [1.82, 2.24) is 14.9 Å². The van der Waals surface area contributed by atoms with Gasteiger partial charge in [-0.05, 0) is 77.2 Å². The standard InChI is InChI=1S/C26H33N5O6S.H2/c1-26(2,3)37-25(36)29-20-19(24(34)35)28-12-31(20)15-8-9-17-16(10-15)18(22(33)27-11-13-4-5-13)23(38-17)30-21(32)14-6-7-14;/h12-15H,4-11H2,1-3H3,(H,27,33)(H,29,36)(H,30,32)(H,34,35);1H/t15-;/m0./s1. The first kappa shape index (κ1) is 26.2. The fourth-order valence-electron chi connectivity index (χ4n) is 4.66. The molecule has 5 rings (SSSR count). The van der Waals surface area contributed by atoms with Crippen molar-refractivity contribution in [3.63, 3.8) is 0 Å². The second-order valence-electron chi connectivity index (χ2n) is 11.3. The second-order valence-corrected chi connectivity index (χ2v) is 12.4. The van der Waals surface area contributed by atoms with Gasteiger partial charge in [0.15, 0.2) is 11.5 Å². The van der Waals surface area contributed by atoms with Crippen molar-refractivity contribution in [2.45, 2.75) is 77.4 Å². The third-order valence-corrected chi connectivity index (χ3v) is 8.11. The van der Waals surface area contributed by atoms with E-state index in [1.165, 1.54) is 17.7 Å². The summed E-state index contributed by atoms with van der Waals surface area (Å²) < 4.78 is 6.98. The Kier molecular flexibility index (Phi) is 6.93. The van der Waals surface area contributed by atoms with Gasteiger partial charge in [-0.25, -0.2) is 14.6 Å². The lowest BCUT2D eigenvalue weighted by molar-refractivity contribution is -0.117. The van der Waals surface area contributed by atoms with Gasteiger partial charge < -0.3 is 25.0 Å². The van der Waals surface area contributed by atoms with Crippen molar-refractivity contribution >= 4 is 46.0 Å². The number of imidazole rings is 1. The molecule has 0 radical (unpaired) electrons. The predicted octanol–water partition coefficient (Wildman–Crippen LogP) is 4.45. The van der Waals surface area contributed by atoms with E-state index in [9.17, 15) is 24.3 Å². The summed E-state index contributed by atoms with van der Waals surface area (Å²) in [6.07, 6.45) is 6.27. The number of aromatic carboxylic acids is 1. The summed E-state index contributed by atoms with van der Waals surface area (Å²) in [5, 5.41) is 18.9. The van der Waals surface area contributed by atoms with Crippen molar-refractivity contribution in [3.05, 3.63) is 28.0 Å². The van der Waals surface area contributed by atoms with Gasteiger partial charge in [-0.15, -0.1) is 11.3 Å². The highest BCUT2D eigenvalue weighted by Gasteiger charge is 2.36. The molecule has 4 N–H and O–H groups in total. The highest BCUT2D eigenvalue weighted by molar-refractivity contribution is 7.17. The molecule has 0 aromatic carbocycles. The number of carbonyl (C=O) groups excluding carboxylic acids is 3. The Morgan fingerprint density at radius 1 is 1.16 bits per heavy atom. The third kappa shape index (κ3) is 5.85. The molecule has 0 aliphatic heterocycles. The summed E-state index contributed by atoms with van der Waals surface area (Å²) in [6.45, 7) is 5.76. The van der Waals surface area contributed by atoms with Gasteiger partial charge in [0.25, 0.3) is 5.91 Å². The number of hydrogen-bond donors (Lipinski definition) is 4. The van der Waals surface area contributed by atoms with Gasteiger partial charge in [0.05, 0.1) is 11.9 Å². The quantitative estimate of drug-likeness (QED) is 0.382. The number of fused-ring (bicyclic) bond motifs is 1. The van der Waals surface area contributed by atoms with E-state index in [1.54, 1.807) is 25.3 Å². The number of amides is 3. The maximum atomic E-state index is 13.4. The summed E-state index contributed by atoms with van der Waals surface area (Å²) >= 11 is 1.44. The summed E-state index contributed by atoms with van der Waals surface area (Å²) in [6, 6.07) is -0.260. The Bertz CT molecular complexity index is 1290. The van der Waals surface area contributed by atoms with E-state index < -0.39 is 17.7 Å². The van der Waals surface area contributed by atoms with Gasteiger partial charge in [-0.2, -0.15) is 0 Å². The molecular weight excluding hydrogens is 510 g/mol. The Morgan fingerprint density at radius 3 is 2.53 bits per heavy atom. The lowest BCUT2D eigenvalue weighted by Gasteiger charge is -2.26. The maximum absolute atomic E-state index is 13.4. The molecule has 2 aromatic heterocycles. The fourth-order valence-corrected chi connectivity index (χ4v) is 5.90. The molecule has 2 saturated carbocycles. The summed E-state index contributed by atoms with van der Waals surface area (Å²) in [5.74, 6) is -0.978. The van der Waals surface area contributed by atoms with Crippen LogP contribution in [0.5, 0.6) is 0 Å². The van der Waals surface area contributed by atoms with Crippen LogP contribution in [-0.2, 0) is 22.4 Å². The Morgan fingerprint density at radius 2 is 1.89 bits per heavy atom. The van der Waals surface area contributed by atoms with Crippen molar-refractivity contribution in [2.24, 2.45) is 11.8 Å². The van der Waals surface area contributed by atoms with Gasteiger partial charge in [-0.1, -0.05) is 0 Å². The lowest BCUT2D eigenvalue weighted by atomic mass is 9.91. The van der Waals surface area contributed by atoms with E-state index in [4.69, 9.17) is 4.74 Å². The number of nitrogens with zero attached hydrogens (tertiary/aromatic N) is 2. The molecule has 2 aromatic rings. The van der Waals surface area contributed by atoms with Gasteiger partial charge in [0.1, 0.15) is 10.6 Å². The summed E-state index contributed by atoms with van der Waals surface area (Å²) in [7, 11) is 0. The van der Waals surface area contributed by atoms with Crippen LogP contribution in [-0.4, -0.2) is 50.7 Å². The molecule has 0 bridgehead atoms. The Labute approximate surface area is 225 Å². The molecule has 1 atom stereocenters. The van der Waals surface area contributed by atoms with Crippen LogP contribution in [0, 0.1) is 11.8 Å². The number of carboxylic acids is 1. The van der Waals surface area contributed by atoms with Crippen LogP contribution < -0.4 is 16.0 Å². The molecule has 38 heavy (non-hydrogen) atoms. The normalized spacial score (nSPS) is 18.9. The SMILES string of the molecule is CC(C)(C)OC(=O)Nc1c(C(=O)O)ncn1[C@H]1CCc2sc(NC(=O)C3CC3)c(C(=O)NCC3CC3)c2C1.[HH]. The third-order valence-electron chi connectivity index (χ3n) is 6.90. The first-order valence-corrected chi connectivity index (χ1v) is 13.9. The minimum absolute atomic E-state index is 0. The number of aryl methyl sites for hydroxylation is 1. The highest BCUT2D eigenvalue weighted by atomic mass is 32.1. The minimum Gasteiger partial charge on any atom is -0.476 e. The van der Waals surface area contributed by atoms with E-state index in [0.29, 0.717) is 42.3 Å². The van der Waals surface area contributed by atoms with E-state index in [2.05, 4.69) is 20.9 Å². The molecular formula is C26H35N5O6S. The molecule has 0 saturated heterocycles. The Balaban J connectivity index is 0.00000353. The number of hydrogen-bond acceptors (Lipinski definition) is 7. The van der Waals surface area contributed by atoms with Gasteiger partial charge >= 0.3 is 12.1 Å². The molecule has 0 unspecified atom stereocenters. The van der Waals surface area contributed by atoms with Crippen molar-refractivity contribution < 1.29 is 30.4 Å². The van der Waals surface area contributed by atoms with Crippen molar-refractivity contribution in [3.8, 4) is 0 Å². The molecule has 0 spiro atoms. The monoisotopic (exact) mass is 545 g/mol. The van der Waals surface area contributed by atoms with Crippen LogP contribution in [0.2, 0.25) is 0 Å². The topological polar surface area (TPSA) is 152 Å². The molecule has 11 nitrogen and oxygen atoms in total.